The number of nitrogens with zero attached hydrogens (tertiary/aromatic N) is 4. The molecule has 2 aromatic rings. The number of hydrogen-bond donors (Lipinski definition) is 0. The summed E-state index contributed by atoms with van der Waals surface area (Å²) in [4.78, 5) is 0. The number of aromatic nitrogens is 3. The van der Waals surface area contributed by atoms with Crippen LogP contribution in [0.3, 0.4) is 0 Å². The zero-order valence-electron chi connectivity index (χ0n) is 10.1. The molecule has 1 aromatic carbocycles. The second kappa shape index (κ2) is 6.51. The molecule has 4 nitrogen and oxygen atoms in total. The Morgan fingerprint density at radius 3 is 2.70 bits per heavy atom. The van der Waals surface area contributed by atoms with Crippen LogP contribution in [0.2, 0.25) is 10.0 Å². The van der Waals surface area contributed by atoms with Crippen LogP contribution in [0.5, 0.6) is 0 Å². The molecule has 20 heavy (non-hydrogen) atoms. The maximum absolute atomic E-state index is 12.8. The van der Waals surface area contributed by atoms with Crippen molar-refractivity contribution in [3.63, 3.8) is 0 Å². The van der Waals surface area contributed by atoms with Crippen LogP contribution in [0.25, 0.3) is 0 Å². The fourth-order valence-corrected chi connectivity index (χ4v) is 2.27. The maximum atomic E-state index is 12.8. The van der Waals surface area contributed by atoms with Gasteiger partial charge in [0.1, 0.15) is 0 Å². The molecule has 0 spiro atoms. The second-order valence-electron chi connectivity index (χ2n) is 3.57. The van der Waals surface area contributed by atoms with E-state index in [1.165, 1.54) is 6.21 Å². The van der Waals surface area contributed by atoms with Crippen molar-refractivity contribution in [2.24, 2.45) is 5.10 Å². The largest absolute Gasteiger partial charge is 0.299 e. The molecule has 0 saturated carbocycles. The third kappa shape index (κ3) is 3.28. The average Bonchev–Trinajstić information content (AvgIpc) is 2.80. The lowest BCUT2D eigenvalue weighted by Gasteiger charge is -2.02. The number of halogens is 4. The maximum Gasteiger partial charge on any atom is 0.299 e. The molecule has 2 rings (SSSR count). The van der Waals surface area contributed by atoms with Gasteiger partial charge in [-0.15, -0.1) is 10.2 Å². The van der Waals surface area contributed by atoms with Crippen LogP contribution in [-0.4, -0.2) is 27.3 Å². The van der Waals surface area contributed by atoms with E-state index in [4.69, 9.17) is 23.2 Å². The molecule has 0 aliphatic carbocycles. The van der Waals surface area contributed by atoms with Crippen LogP contribution >= 0.6 is 35.0 Å². The Hall–Kier alpha value is -1.18. The Labute approximate surface area is 127 Å². The second-order valence-corrected chi connectivity index (χ2v) is 5.18. The minimum Gasteiger partial charge on any atom is -0.201 e. The Balaban J connectivity index is 2.37. The van der Waals surface area contributed by atoms with E-state index in [2.05, 4.69) is 15.3 Å². The monoisotopic (exact) mass is 336 g/mol. The van der Waals surface area contributed by atoms with Gasteiger partial charge in [-0.05, 0) is 18.4 Å². The van der Waals surface area contributed by atoms with Crippen LogP contribution in [0.4, 0.5) is 8.78 Å². The fourth-order valence-electron chi connectivity index (χ4n) is 1.37. The molecule has 0 aliphatic heterocycles. The molecule has 0 fully saturated rings. The number of benzene rings is 1. The number of hydrogen-bond acceptors (Lipinski definition) is 4. The van der Waals surface area contributed by atoms with Crippen molar-refractivity contribution in [2.45, 2.75) is 11.6 Å². The quantitative estimate of drug-likeness (QED) is 0.622. The van der Waals surface area contributed by atoms with Crippen molar-refractivity contribution >= 4 is 41.2 Å². The Kier molecular flexibility index (Phi) is 4.95. The summed E-state index contributed by atoms with van der Waals surface area (Å²) < 4.78 is 26.6. The Bertz CT molecular complexity index is 645. The molecule has 0 N–H and O–H groups in total. The minimum atomic E-state index is -2.76. The average molecular weight is 337 g/mol. The van der Waals surface area contributed by atoms with Crippen molar-refractivity contribution in [3.05, 3.63) is 39.6 Å². The van der Waals surface area contributed by atoms with Crippen molar-refractivity contribution in [2.75, 3.05) is 6.26 Å². The number of thioether (sulfide) groups is 1. The lowest BCUT2D eigenvalue weighted by Crippen LogP contribution is -2.00. The standard InChI is InChI=1S/C11H8Cl2F2N4S/c1-20-11-18-17-10(9(14)15)19(11)16-5-6-2-3-7(12)4-8(6)13/h2-5,9H,1H3/b16-5-. The molecule has 1 heterocycles. The van der Waals surface area contributed by atoms with Crippen molar-refractivity contribution in [1.82, 2.24) is 14.9 Å². The third-order valence-corrected chi connectivity index (χ3v) is 3.47. The minimum absolute atomic E-state index is 0.265. The summed E-state index contributed by atoms with van der Waals surface area (Å²) in [6, 6.07) is 4.81. The lowest BCUT2D eigenvalue weighted by atomic mass is 10.2. The summed E-state index contributed by atoms with van der Waals surface area (Å²) >= 11 is 12.9. The molecule has 0 bridgehead atoms. The van der Waals surface area contributed by atoms with Crippen molar-refractivity contribution < 1.29 is 8.78 Å². The molecule has 0 atom stereocenters. The van der Waals surface area contributed by atoms with Gasteiger partial charge >= 0.3 is 0 Å². The van der Waals surface area contributed by atoms with E-state index in [1.54, 1.807) is 24.5 Å². The van der Waals surface area contributed by atoms with E-state index in [0.717, 1.165) is 16.4 Å². The highest BCUT2D eigenvalue weighted by Gasteiger charge is 2.19. The predicted octanol–water partition coefficient (Wildman–Crippen LogP) is 4.13. The summed E-state index contributed by atoms with van der Waals surface area (Å²) in [6.45, 7) is 0. The van der Waals surface area contributed by atoms with Crippen LogP contribution in [0.15, 0.2) is 28.5 Å². The smallest absolute Gasteiger partial charge is 0.201 e. The molecular weight excluding hydrogens is 329 g/mol. The number of rotatable bonds is 4. The van der Waals surface area contributed by atoms with E-state index in [1.807, 2.05) is 0 Å². The summed E-state index contributed by atoms with van der Waals surface area (Å²) in [5.41, 5.74) is 0.553. The van der Waals surface area contributed by atoms with Crippen LogP contribution < -0.4 is 0 Å². The highest BCUT2D eigenvalue weighted by molar-refractivity contribution is 7.98. The molecule has 0 amide bonds. The van der Waals surface area contributed by atoms with Crippen LogP contribution in [0, 0.1) is 0 Å². The van der Waals surface area contributed by atoms with E-state index in [9.17, 15) is 8.78 Å². The van der Waals surface area contributed by atoms with Gasteiger partial charge in [0.15, 0.2) is 0 Å². The van der Waals surface area contributed by atoms with Crippen molar-refractivity contribution in [1.29, 1.82) is 0 Å². The normalized spacial score (nSPS) is 11.7. The zero-order valence-corrected chi connectivity index (χ0v) is 12.4. The first-order valence-corrected chi connectivity index (χ1v) is 7.28. The first kappa shape index (κ1) is 15.2. The van der Waals surface area contributed by atoms with E-state index in [0.29, 0.717) is 15.6 Å². The van der Waals surface area contributed by atoms with Crippen LogP contribution in [-0.2, 0) is 0 Å². The van der Waals surface area contributed by atoms with Gasteiger partial charge < -0.3 is 0 Å². The first-order valence-electron chi connectivity index (χ1n) is 5.29. The van der Waals surface area contributed by atoms with E-state index < -0.39 is 12.2 Å². The van der Waals surface area contributed by atoms with Crippen LogP contribution in [0.1, 0.15) is 17.8 Å². The van der Waals surface area contributed by atoms with Gasteiger partial charge in [0.2, 0.25) is 11.0 Å². The van der Waals surface area contributed by atoms with Gasteiger partial charge in [0.25, 0.3) is 6.43 Å². The van der Waals surface area contributed by atoms with Crippen molar-refractivity contribution in [3.8, 4) is 0 Å². The molecule has 0 aliphatic rings. The molecule has 1 aromatic heterocycles. The molecular formula is C11H8Cl2F2N4S. The SMILES string of the molecule is CSc1nnc(C(F)F)n1/N=C\c1ccc(Cl)cc1Cl. The van der Waals surface area contributed by atoms with Gasteiger partial charge in [-0.3, -0.25) is 0 Å². The Morgan fingerprint density at radius 1 is 1.35 bits per heavy atom. The van der Waals surface area contributed by atoms with Gasteiger partial charge in [-0.25, -0.2) is 8.78 Å². The predicted molar refractivity (Wildman–Crippen MR) is 76.2 cm³/mol. The third-order valence-electron chi connectivity index (χ3n) is 2.29. The van der Waals surface area contributed by atoms with E-state index in [-0.39, 0.29) is 5.16 Å². The van der Waals surface area contributed by atoms with Gasteiger partial charge in [-0.1, -0.05) is 41.0 Å². The lowest BCUT2D eigenvalue weighted by molar-refractivity contribution is 0.135. The topological polar surface area (TPSA) is 43.1 Å². The van der Waals surface area contributed by atoms with Gasteiger partial charge in [0.05, 0.1) is 11.2 Å². The highest BCUT2D eigenvalue weighted by Crippen LogP contribution is 2.23. The molecule has 9 heteroatoms. The zero-order chi connectivity index (χ0) is 14.7. The van der Waals surface area contributed by atoms with Gasteiger partial charge in [0, 0.05) is 10.6 Å². The number of alkyl halides is 2. The van der Waals surface area contributed by atoms with Gasteiger partial charge in [-0.2, -0.15) is 9.78 Å². The Morgan fingerprint density at radius 2 is 2.10 bits per heavy atom. The molecule has 0 unspecified atom stereocenters. The first-order chi connectivity index (χ1) is 9.52. The summed E-state index contributed by atoms with van der Waals surface area (Å²) in [6.07, 6.45) is 0.287. The summed E-state index contributed by atoms with van der Waals surface area (Å²) in [5.74, 6) is -0.518. The fraction of sp³-hybridized carbons (Fsp3) is 0.182. The highest BCUT2D eigenvalue weighted by atomic mass is 35.5. The summed E-state index contributed by atoms with van der Waals surface area (Å²) in [7, 11) is 0. The molecule has 0 radical (unpaired) electrons. The van der Waals surface area contributed by atoms with E-state index >= 15 is 0 Å². The molecule has 0 saturated heterocycles. The molecule has 106 valence electrons. The summed E-state index contributed by atoms with van der Waals surface area (Å²) in [5, 5.41) is 12.1.